The first-order chi connectivity index (χ1) is 8.33. The van der Waals surface area contributed by atoms with Crippen molar-refractivity contribution in [3.8, 4) is 5.75 Å². The van der Waals surface area contributed by atoms with Crippen molar-refractivity contribution in [1.82, 2.24) is 0 Å². The first kappa shape index (κ1) is 10.6. The van der Waals surface area contributed by atoms with Gasteiger partial charge in [-0.2, -0.15) is 0 Å². The standard InChI is InChI=1S/C14H14O3/c15-13-8-16-9-14(13)17-12-6-5-10-3-1-2-4-11(10)7-12/h1-7,13-15H,8-9H2/t13-,14-/m1/s1. The molecule has 1 N–H and O–H groups in total. The Bertz CT molecular complexity index is 524. The van der Waals surface area contributed by atoms with Crippen LogP contribution in [0.4, 0.5) is 0 Å². The third kappa shape index (κ3) is 2.12. The molecule has 1 fully saturated rings. The van der Waals surface area contributed by atoms with Gasteiger partial charge in [0.2, 0.25) is 0 Å². The monoisotopic (exact) mass is 230 g/mol. The van der Waals surface area contributed by atoms with Gasteiger partial charge in [-0.3, -0.25) is 0 Å². The van der Waals surface area contributed by atoms with E-state index >= 15 is 0 Å². The average molecular weight is 230 g/mol. The van der Waals surface area contributed by atoms with E-state index in [0.29, 0.717) is 13.2 Å². The van der Waals surface area contributed by atoms with Gasteiger partial charge in [0.25, 0.3) is 0 Å². The van der Waals surface area contributed by atoms with Gasteiger partial charge in [-0.1, -0.05) is 30.3 Å². The van der Waals surface area contributed by atoms with Gasteiger partial charge >= 0.3 is 0 Å². The fraction of sp³-hybridized carbons (Fsp3) is 0.286. The Balaban J connectivity index is 1.85. The van der Waals surface area contributed by atoms with Crippen LogP contribution in [0.1, 0.15) is 0 Å². The van der Waals surface area contributed by atoms with Crippen molar-refractivity contribution in [2.75, 3.05) is 13.2 Å². The van der Waals surface area contributed by atoms with Crippen LogP contribution in [0.25, 0.3) is 10.8 Å². The van der Waals surface area contributed by atoms with Gasteiger partial charge in [0.05, 0.1) is 13.2 Å². The SMILES string of the molecule is O[C@@H]1COC[C@H]1Oc1ccc2ccccc2c1. The highest BCUT2D eigenvalue weighted by Crippen LogP contribution is 2.23. The largest absolute Gasteiger partial charge is 0.485 e. The lowest BCUT2D eigenvalue weighted by molar-refractivity contribution is 0.0734. The molecule has 0 saturated carbocycles. The minimum atomic E-state index is -0.526. The second kappa shape index (κ2) is 4.35. The number of benzene rings is 2. The summed E-state index contributed by atoms with van der Waals surface area (Å²) >= 11 is 0. The first-order valence-corrected chi connectivity index (χ1v) is 5.74. The van der Waals surface area contributed by atoms with Crippen molar-refractivity contribution in [1.29, 1.82) is 0 Å². The van der Waals surface area contributed by atoms with Crippen LogP contribution < -0.4 is 4.74 Å². The average Bonchev–Trinajstić information content (AvgIpc) is 2.75. The molecule has 3 rings (SSSR count). The third-order valence-electron chi connectivity index (χ3n) is 3.01. The molecule has 2 aromatic rings. The molecule has 2 atom stereocenters. The molecule has 17 heavy (non-hydrogen) atoms. The normalized spacial score (nSPS) is 24.1. The molecule has 1 aliphatic heterocycles. The number of aliphatic hydroxyl groups is 1. The first-order valence-electron chi connectivity index (χ1n) is 5.74. The Labute approximate surface area is 99.6 Å². The van der Waals surface area contributed by atoms with Crippen molar-refractivity contribution >= 4 is 10.8 Å². The maximum atomic E-state index is 9.61. The van der Waals surface area contributed by atoms with Crippen molar-refractivity contribution < 1.29 is 14.6 Å². The van der Waals surface area contributed by atoms with E-state index in [9.17, 15) is 5.11 Å². The number of hydrogen-bond donors (Lipinski definition) is 1. The van der Waals surface area contributed by atoms with E-state index in [-0.39, 0.29) is 6.10 Å². The van der Waals surface area contributed by atoms with Crippen LogP contribution in [0.2, 0.25) is 0 Å². The summed E-state index contributed by atoms with van der Waals surface area (Å²) in [5, 5.41) is 11.9. The van der Waals surface area contributed by atoms with Gasteiger partial charge in [-0.25, -0.2) is 0 Å². The van der Waals surface area contributed by atoms with E-state index in [1.807, 2.05) is 36.4 Å². The zero-order valence-corrected chi connectivity index (χ0v) is 9.37. The van der Waals surface area contributed by atoms with Crippen molar-refractivity contribution in [2.24, 2.45) is 0 Å². The lowest BCUT2D eigenvalue weighted by atomic mass is 10.1. The molecular formula is C14H14O3. The Morgan fingerprint density at radius 1 is 1.06 bits per heavy atom. The summed E-state index contributed by atoms with van der Waals surface area (Å²) in [5.74, 6) is 0.776. The lowest BCUT2D eigenvalue weighted by Crippen LogP contribution is -2.29. The van der Waals surface area contributed by atoms with Gasteiger partial charge in [0.1, 0.15) is 18.0 Å². The summed E-state index contributed by atoms with van der Waals surface area (Å²) < 4.78 is 10.9. The molecule has 1 heterocycles. The molecule has 0 aromatic heterocycles. The molecule has 3 heteroatoms. The summed E-state index contributed by atoms with van der Waals surface area (Å²) in [6.07, 6.45) is -0.780. The predicted octanol–water partition coefficient (Wildman–Crippen LogP) is 1.98. The number of rotatable bonds is 2. The summed E-state index contributed by atoms with van der Waals surface area (Å²) in [6, 6.07) is 14.0. The van der Waals surface area contributed by atoms with Crippen molar-refractivity contribution in [3.63, 3.8) is 0 Å². The lowest BCUT2D eigenvalue weighted by Gasteiger charge is -2.15. The molecule has 2 aromatic carbocycles. The van der Waals surface area contributed by atoms with E-state index < -0.39 is 6.10 Å². The van der Waals surface area contributed by atoms with E-state index in [4.69, 9.17) is 9.47 Å². The minimum absolute atomic E-state index is 0.254. The highest BCUT2D eigenvalue weighted by molar-refractivity contribution is 5.83. The summed E-state index contributed by atoms with van der Waals surface area (Å²) in [5.41, 5.74) is 0. The van der Waals surface area contributed by atoms with E-state index in [1.165, 1.54) is 5.39 Å². The quantitative estimate of drug-likeness (QED) is 0.857. The minimum Gasteiger partial charge on any atom is -0.485 e. The Kier molecular flexibility index (Phi) is 2.71. The van der Waals surface area contributed by atoms with Gasteiger partial charge < -0.3 is 14.6 Å². The molecule has 0 spiro atoms. The number of hydrogen-bond acceptors (Lipinski definition) is 3. The number of aliphatic hydroxyl groups excluding tert-OH is 1. The zero-order valence-electron chi connectivity index (χ0n) is 9.37. The molecule has 1 aliphatic rings. The third-order valence-corrected chi connectivity index (χ3v) is 3.01. The topological polar surface area (TPSA) is 38.7 Å². The second-order valence-electron chi connectivity index (χ2n) is 4.27. The zero-order chi connectivity index (χ0) is 11.7. The van der Waals surface area contributed by atoms with Crippen LogP contribution in [-0.2, 0) is 4.74 Å². The van der Waals surface area contributed by atoms with Crippen LogP contribution >= 0.6 is 0 Å². The van der Waals surface area contributed by atoms with Crippen molar-refractivity contribution in [3.05, 3.63) is 42.5 Å². The van der Waals surface area contributed by atoms with Gasteiger partial charge in [0.15, 0.2) is 0 Å². The molecule has 88 valence electrons. The maximum Gasteiger partial charge on any atom is 0.150 e. The molecule has 0 unspecified atom stereocenters. The maximum absolute atomic E-state index is 9.61. The highest BCUT2D eigenvalue weighted by Gasteiger charge is 2.27. The van der Waals surface area contributed by atoms with E-state index in [1.54, 1.807) is 0 Å². The van der Waals surface area contributed by atoms with Gasteiger partial charge in [0, 0.05) is 0 Å². The Hall–Kier alpha value is -1.58. The summed E-state index contributed by atoms with van der Waals surface area (Å²) in [6.45, 7) is 0.812. The molecule has 0 radical (unpaired) electrons. The molecule has 0 bridgehead atoms. The Morgan fingerprint density at radius 2 is 1.88 bits per heavy atom. The molecular weight excluding hydrogens is 216 g/mol. The Morgan fingerprint density at radius 3 is 2.65 bits per heavy atom. The summed E-state index contributed by atoms with van der Waals surface area (Å²) in [4.78, 5) is 0. The highest BCUT2D eigenvalue weighted by atomic mass is 16.6. The fourth-order valence-corrected chi connectivity index (χ4v) is 2.05. The smallest absolute Gasteiger partial charge is 0.150 e. The van der Waals surface area contributed by atoms with E-state index in [0.717, 1.165) is 11.1 Å². The van der Waals surface area contributed by atoms with Crippen LogP contribution in [0, 0.1) is 0 Å². The van der Waals surface area contributed by atoms with Gasteiger partial charge in [-0.15, -0.1) is 0 Å². The molecule has 0 aliphatic carbocycles. The summed E-state index contributed by atoms with van der Waals surface area (Å²) in [7, 11) is 0. The van der Waals surface area contributed by atoms with Crippen LogP contribution in [-0.4, -0.2) is 30.5 Å². The molecule has 1 saturated heterocycles. The second-order valence-corrected chi connectivity index (χ2v) is 4.27. The molecule has 0 amide bonds. The molecule has 3 nitrogen and oxygen atoms in total. The van der Waals surface area contributed by atoms with Crippen LogP contribution in [0.3, 0.4) is 0 Å². The number of ether oxygens (including phenoxy) is 2. The van der Waals surface area contributed by atoms with Crippen molar-refractivity contribution in [2.45, 2.75) is 12.2 Å². The van der Waals surface area contributed by atoms with Gasteiger partial charge in [-0.05, 0) is 22.9 Å². The van der Waals surface area contributed by atoms with E-state index in [2.05, 4.69) is 6.07 Å². The fourth-order valence-electron chi connectivity index (χ4n) is 2.05. The van der Waals surface area contributed by atoms with Crippen LogP contribution in [0.5, 0.6) is 5.75 Å². The predicted molar refractivity (Wildman–Crippen MR) is 65.2 cm³/mol. The number of fused-ring (bicyclic) bond motifs is 1. The van der Waals surface area contributed by atoms with Crippen LogP contribution in [0.15, 0.2) is 42.5 Å².